The standard InChI is InChI=1S/C13H23N3O5/c1-8(11(18)16-6-4-3-5-7-16)14-13(21)15-10(9(2)17)12(19)20/h8-10,17H,3-7H2,1-2H3,(H,19,20)(H2,14,15,21)/t8?,9-,10+/m1/s1. The van der Waals surface area contributed by atoms with Crippen molar-refractivity contribution in [2.75, 3.05) is 13.1 Å². The summed E-state index contributed by atoms with van der Waals surface area (Å²) in [6, 6.07) is -2.95. The van der Waals surface area contributed by atoms with Crippen molar-refractivity contribution in [3.8, 4) is 0 Å². The molecule has 0 spiro atoms. The minimum Gasteiger partial charge on any atom is -0.480 e. The molecule has 1 fully saturated rings. The number of carboxylic acids is 1. The molecule has 3 atom stereocenters. The number of hydrogen-bond donors (Lipinski definition) is 4. The van der Waals surface area contributed by atoms with Crippen LogP contribution in [0.25, 0.3) is 0 Å². The Morgan fingerprint density at radius 1 is 1.05 bits per heavy atom. The molecule has 1 rings (SSSR count). The monoisotopic (exact) mass is 301 g/mol. The van der Waals surface area contributed by atoms with Gasteiger partial charge in [0, 0.05) is 13.1 Å². The van der Waals surface area contributed by atoms with Crippen molar-refractivity contribution < 1.29 is 24.6 Å². The molecule has 0 aliphatic carbocycles. The molecular formula is C13H23N3O5. The predicted octanol–water partition coefficient (Wildman–Crippen LogP) is -0.479. The number of carbonyl (C=O) groups is 3. The summed E-state index contributed by atoms with van der Waals surface area (Å²) >= 11 is 0. The van der Waals surface area contributed by atoms with Crippen LogP contribution < -0.4 is 10.6 Å². The van der Waals surface area contributed by atoms with Crippen molar-refractivity contribution >= 4 is 17.9 Å². The molecule has 4 N–H and O–H groups in total. The summed E-state index contributed by atoms with van der Waals surface area (Å²) in [5.74, 6) is -1.52. The van der Waals surface area contributed by atoms with E-state index in [-0.39, 0.29) is 5.91 Å². The molecule has 1 aliphatic heterocycles. The number of aliphatic hydroxyl groups is 1. The number of carbonyl (C=O) groups excluding carboxylic acids is 2. The Bertz CT molecular complexity index is 393. The first-order valence-corrected chi connectivity index (χ1v) is 7.09. The fourth-order valence-electron chi connectivity index (χ4n) is 2.22. The van der Waals surface area contributed by atoms with Crippen LogP contribution in [0.15, 0.2) is 0 Å². The molecule has 1 aliphatic rings. The maximum atomic E-state index is 12.1. The summed E-state index contributed by atoms with van der Waals surface area (Å²) < 4.78 is 0. The molecule has 8 heteroatoms. The third kappa shape index (κ3) is 5.22. The van der Waals surface area contributed by atoms with Crippen molar-refractivity contribution in [3.05, 3.63) is 0 Å². The number of rotatable bonds is 5. The molecule has 1 heterocycles. The van der Waals surface area contributed by atoms with Gasteiger partial charge in [-0.3, -0.25) is 4.79 Å². The fraction of sp³-hybridized carbons (Fsp3) is 0.769. The summed E-state index contributed by atoms with van der Waals surface area (Å²) in [7, 11) is 0. The molecule has 0 aromatic rings. The van der Waals surface area contributed by atoms with Crippen LogP contribution >= 0.6 is 0 Å². The summed E-state index contributed by atoms with van der Waals surface area (Å²) in [4.78, 5) is 36.4. The lowest BCUT2D eigenvalue weighted by atomic mass is 10.1. The van der Waals surface area contributed by atoms with E-state index >= 15 is 0 Å². The molecule has 0 radical (unpaired) electrons. The molecule has 1 saturated heterocycles. The zero-order chi connectivity index (χ0) is 16.0. The van der Waals surface area contributed by atoms with Crippen molar-refractivity contribution in [3.63, 3.8) is 0 Å². The van der Waals surface area contributed by atoms with Gasteiger partial charge in [0.1, 0.15) is 6.04 Å². The van der Waals surface area contributed by atoms with Crippen LogP contribution in [0.5, 0.6) is 0 Å². The number of nitrogens with one attached hydrogen (secondary N) is 2. The van der Waals surface area contributed by atoms with Gasteiger partial charge in [-0.15, -0.1) is 0 Å². The maximum absolute atomic E-state index is 12.1. The van der Waals surface area contributed by atoms with Gasteiger partial charge in [0.15, 0.2) is 6.04 Å². The number of hydrogen-bond acceptors (Lipinski definition) is 4. The normalized spacial score (nSPS) is 19.3. The number of aliphatic carboxylic acids is 1. The average molecular weight is 301 g/mol. The van der Waals surface area contributed by atoms with Gasteiger partial charge in [-0.25, -0.2) is 9.59 Å². The lowest BCUT2D eigenvalue weighted by molar-refractivity contribution is -0.141. The van der Waals surface area contributed by atoms with Crippen LogP contribution in [0.1, 0.15) is 33.1 Å². The first-order valence-electron chi connectivity index (χ1n) is 7.09. The van der Waals surface area contributed by atoms with Crippen molar-refractivity contribution in [2.24, 2.45) is 0 Å². The zero-order valence-corrected chi connectivity index (χ0v) is 12.3. The van der Waals surface area contributed by atoms with Crippen LogP contribution in [-0.4, -0.2) is 64.3 Å². The van der Waals surface area contributed by atoms with Gasteiger partial charge >= 0.3 is 12.0 Å². The van der Waals surface area contributed by atoms with Crippen LogP contribution in [0.4, 0.5) is 4.79 Å². The molecule has 0 aromatic carbocycles. The van der Waals surface area contributed by atoms with E-state index in [4.69, 9.17) is 5.11 Å². The number of aliphatic hydroxyl groups excluding tert-OH is 1. The number of urea groups is 1. The van der Waals surface area contributed by atoms with Gasteiger partial charge in [0.2, 0.25) is 5.91 Å². The smallest absolute Gasteiger partial charge is 0.328 e. The van der Waals surface area contributed by atoms with Gasteiger partial charge in [0.25, 0.3) is 0 Å². The Morgan fingerprint density at radius 2 is 1.62 bits per heavy atom. The Hall–Kier alpha value is -1.83. The van der Waals surface area contributed by atoms with Crippen LogP contribution in [0, 0.1) is 0 Å². The minimum atomic E-state index is -1.41. The Balaban J connectivity index is 2.49. The number of amides is 3. The lowest BCUT2D eigenvalue weighted by Crippen LogP contribution is -2.55. The highest BCUT2D eigenvalue weighted by atomic mass is 16.4. The third-order valence-corrected chi connectivity index (χ3v) is 3.42. The highest BCUT2D eigenvalue weighted by Gasteiger charge is 2.27. The molecule has 0 saturated carbocycles. The molecule has 3 amide bonds. The number of nitrogens with zero attached hydrogens (tertiary/aromatic N) is 1. The first kappa shape index (κ1) is 17.2. The van der Waals surface area contributed by atoms with Gasteiger partial charge in [0.05, 0.1) is 6.10 Å². The van der Waals surface area contributed by atoms with E-state index in [1.807, 2.05) is 0 Å². The number of likely N-dealkylation sites (tertiary alicyclic amines) is 1. The van der Waals surface area contributed by atoms with Crippen molar-refractivity contribution in [1.29, 1.82) is 0 Å². The molecule has 0 bridgehead atoms. The highest BCUT2D eigenvalue weighted by Crippen LogP contribution is 2.09. The van der Waals surface area contributed by atoms with E-state index in [1.54, 1.807) is 11.8 Å². The second kappa shape index (κ2) is 7.82. The Labute approximate surface area is 123 Å². The molecule has 1 unspecified atom stereocenters. The van der Waals surface area contributed by atoms with Crippen LogP contribution in [-0.2, 0) is 9.59 Å². The largest absolute Gasteiger partial charge is 0.480 e. The van der Waals surface area contributed by atoms with Gasteiger partial charge in [-0.2, -0.15) is 0 Å². The topological polar surface area (TPSA) is 119 Å². The molecule has 120 valence electrons. The first-order chi connectivity index (χ1) is 9.82. The van der Waals surface area contributed by atoms with Crippen LogP contribution in [0.3, 0.4) is 0 Å². The lowest BCUT2D eigenvalue weighted by Gasteiger charge is -2.29. The van der Waals surface area contributed by atoms with Gasteiger partial charge < -0.3 is 25.7 Å². The van der Waals surface area contributed by atoms with E-state index in [1.165, 1.54) is 6.92 Å². The molecule has 0 aromatic heterocycles. The molecule has 21 heavy (non-hydrogen) atoms. The SMILES string of the molecule is CC(NC(=O)N[C@H](C(=O)O)[C@@H](C)O)C(=O)N1CCCCC1. The van der Waals surface area contributed by atoms with Crippen molar-refractivity contribution in [1.82, 2.24) is 15.5 Å². The zero-order valence-electron chi connectivity index (χ0n) is 12.3. The molecular weight excluding hydrogens is 278 g/mol. The maximum Gasteiger partial charge on any atom is 0.328 e. The fourth-order valence-corrected chi connectivity index (χ4v) is 2.22. The predicted molar refractivity (Wildman–Crippen MR) is 74.7 cm³/mol. The summed E-state index contributed by atoms with van der Waals surface area (Å²) in [6.45, 7) is 4.17. The summed E-state index contributed by atoms with van der Waals surface area (Å²) in [5.41, 5.74) is 0. The van der Waals surface area contributed by atoms with E-state index < -0.39 is 30.2 Å². The molecule has 8 nitrogen and oxygen atoms in total. The van der Waals surface area contributed by atoms with E-state index in [0.717, 1.165) is 19.3 Å². The minimum absolute atomic E-state index is 0.186. The van der Waals surface area contributed by atoms with Crippen LogP contribution in [0.2, 0.25) is 0 Å². The number of piperidine rings is 1. The third-order valence-electron chi connectivity index (χ3n) is 3.42. The summed E-state index contributed by atoms with van der Waals surface area (Å²) in [5, 5.41) is 22.7. The number of carboxylic acid groups (broad SMARTS) is 1. The second-order valence-electron chi connectivity index (χ2n) is 5.28. The Kier molecular flexibility index (Phi) is 6.41. The highest BCUT2D eigenvalue weighted by molar-refractivity contribution is 5.88. The quantitative estimate of drug-likeness (QED) is 0.547. The van der Waals surface area contributed by atoms with Gasteiger partial charge in [-0.1, -0.05) is 0 Å². The van der Waals surface area contributed by atoms with Gasteiger partial charge in [-0.05, 0) is 33.1 Å². The second-order valence-corrected chi connectivity index (χ2v) is 5.28. The summed E-state index contributed by atoms with van der Waals surface area (Å²) in [6.07, 6.45) is 1.77. The van der Waals surface area contributed by atoms with Crippen molar-refractivity contribution in [2.45, 2.75) is 51.3 Å². The van der Waals surface area contributed by atoms with E-state index in [0.29, 0.717) is 13.1 Å². The van der Waals surface area contributed by atoms with E-state index in [9.17, 15) is 19.5 Å². The van der Waals surface area contributed by atoms with E-state index in [2.05, 4.69) is 10.6 Å². The average Bonchev–Trinajstić information content (AvgIpc) is 2.44. The Morgan fingerprint density at radius 3 is 2.10 bits per heavy atom.